The third-order valence-electron chi connectivity index (χ3n) is 3.56. The fourth-order valence-corrected chi connectivity index (χ4v) is 2.32. The summed E-state index contributed by atoms with van der Waals surface area (Å²) in [5.74, 6) is 0.110. The van der Waals surface area contributed by atoms with Crippen LogP contribution in [-0.2, 0) is 6.54 Å². The highest BCUT2D eigenvalue weighted by atomic mass is 16.3. The SMILES string of the molecule is C=C/C=c1/cc(CNC(=O)c2cc(-c3ccco3)nc(N)n2)ncc1=C. The van der Waals surface area contributed by atoms with Gasteiger partial charge in [-0.3, -0.25) is 9.78 Å². The highest BCUT2D eigenvalue weighted by Crippen LogP contribution is 2.18. The molecular weight excluding hydrogens is 330 g/mol. The van der Waals surface area contributed by atoms with Gasteiger partial charge in [0, 0.05) is 6.20 Å². The summed E-state index contributed by atoms with van der Waals surface area (Å²) in [7, 11) is 0. The fraction of sp³-hybridized carbons (Fsp3) is 0.0526. The molecule has 0 spiro atoms. The van der Waals surface area contributed by atoms with Gasteiger partial charge in [-0.1, -0.05) is 25.3 Å². The molecular formula is C19H17N5O2. The van der Waals surface area contributed by atoms with Crippen LogP contribution in [-0.4, -0.2) is 20.9 Å². The second-order valence-electron chi connectivity index (χ2n) is 5.43. The Labute approximate surface area is 149 Å². The van der Waals surface area contributed by atoms with Crippen molar-refractivity contribution in [2.45, 2.75) is 6.54 Å². The van der Waals surface area contributed by atoms with E-state index in [4.69, 9.17) is 10.2 Å². The van der Waals surface area contributed by atoms with Crippen LogP contribution in [0.2, 0.25) is 0 Å². The number of nitrogens with two attached hydrogens (primary N) is 1. The van der Waals surface area contributed by atoms with Crippen molar-refractivity contribution in [1.82, 2.24) is 20.3 Å². The van der Waals surface area contributed by atoms with Crippen LogP contribution in [0.3, 0.4) is 0 Å². The number of hydrogen-bond donors (Lipinski definition) is 2. The van der Waals surface area contributed by atoms with E-state index >= 15 is 0 Å². The van der Waals surface area contributed by atoms with Crippen molar-refractivity contribution in [1.29, 1.82) is 0 Å². The number of rotatable bonds is 5. The number of anilines is 1. The minimum Gasteiger partial charge on any atom is -0.463 e. The van der Waals surface area contributed by atoms with Gasteiger partial charge in [0.1, 0.15) is 11.4 Å². The summed E-state index contributed by atoms with van der Waals surface area (Å²) in [6.45, 7) is 7.80. The second-order valence-corrected chi connectivity index (χ2v) is 5.43. The van der Waals surface area contributed by atoms with Gasteiger partial charge in [-0.05, 0) is 34.7 Å². The van der Waals surface area contributed by atoms with Crippen LogP contribution in [0.25, 0.3) is 24.1 Å². The Balaban J connectivity index is 1.79. The quantitative estimate of drug-likeness (QED) is 0.714. The van der Waals surface area contributed by atoms with E-state index in [1.807, 2.05) is 12.1 Å². The molecule has 3 aromatic heterocycles. The predicted molar refractivity (Wildman–Crippen MR) is 99.0 cm³/mol. The van der Waals surface area contributed by atoms with E-state index in [2.05, 4.69) is 33.4 Å². The predicted octanol–water partition coefficient (Wildman–Crippen LogP) is 1.02. The molecule has 130 valence electrons. The van der Waals surface area contributed by atoms with Crippen LogP contribution >= 0.6 is 0 Å². The van der Waals surface area contributed by atoms with Crippen LogP contribution < -0.4 is 21.5 Å². The van der Waals surface area contributed by atoms with E-state index in [-0.39, 0.29) is 24.1 Å². The normalized spacial score (nSPS) is 11.3. The molecule has 3 rings (SSSR count). The van der Waals surface area contributed by atoms with Crippen LogP contribution in [0.15, 0.2) is 53.8 Å². The molecule has 0 bridgehead atoms. The monoisotopic (exact) mass is 347 g/mol. The number of nitrogens with one attached hydrogen (secondary N) is 1. The molecule has 0 atom stereocenters. The Morgan fingerprint density at radius 2 is 2.19 bits per heavy atom. The van der Waals surface area contributed by atoms with Crippen molar-refractivity contribution < 1.29 is 9.21 Å². The highest BCUT2D eigenvalue weighted by molar-refractivity contribution is 5.93. The topological polar surface area (TPSA) is 107 Å². The number of nitrogen functional groups attached to an aromatic ring is 1. The molecule has 7 heteroatoms. The number of furan rings is 1. The Bertz CT molecular complexity index is 1060. The lowest BCUT2D eigenvalue weighted by Gasteiger charge is -2.06. The summed E-state index contributed by atoms with van der Waals surface area (Å²) >= 11 is 0. The van der Waals surface area contributed by atoms with Gasteiger partial charge in [-0.15, -0.1) is 0 Å². The first-order valence-corrected chi connectivity index (χ1v) is 7.80. The maximum absolute atomic E-state index is 12.4. The molecule has 1 amide bonds. The maximum atomic E-state index is 12.4. The van der Waals surface area contributed by atoms with Gasteiger partial charge in [0.15, 0.2) is 5.76 Å². The molecule has 0 aliphatic rings. The van der Waals surface area contributed by atoms with E-state index in [0.29, 0.717) is 17.1 Å². The van der Waals surface area contributed by atoms with Gasteiger partial charge in [0.25, 0.3) is 5.91 Å². The molecule has 0 aliphatic heterocycles. The Morgan fingerprint density at radius 3 is 2.92 bits per heavy atom. The van der Waals surface area contributed by atoms with E-state index in [1.54, 1.807) is 24.4 Å². The highest BCUT2D eigenvalue weighted by Gasteiger charge is 2.13. The lowest BCUT2D eigenvalue weighted by Crippen LogP contribution is -2.28. The Morgan fingerprint density at radius 1 is 1.35 bits per heavy atom. The molecule has 0 aliphatic carbocycles. The molecule has 0 saturated carbocycles. The average molecular weight is 347 g/mol. The van der Waals surface area contributed by atoms with E-state index in [0.717, 1.165) is 10.4 Å². The lowest BCUT2D eigenvalue weighted by molar-refractivity contribution is 0.0945. The molecule has 7 nitrogen and oxygen atoms in total. The summed E-state index contributed by atoms with van der Waals surface area (Å²) in [4.78, 5) is 24.7. The van der Waals surface area contributed by atoms with Crippen molar-refractivity contribution in [2.24, 2.45) is 0 Å². The molecule has 0 unspecified atom stereocenters. The smallest absolute Gasteiger partial charge is 0.270 e. The first-order valence-electron chi connectivity index (χ1n) is 7.80. The largest absolute Gasteiger partial charge is 0.463 e. The summed E-state index contributed by atoms with van der Waals surface area (Å²) in [6.07, 6.45) is 6.67. The first kappa shape index (κ1) is 17.1. The van der Waals surface area contributed by atoms with Gasteiger partial charge >= 0.3 is 0 Å². The third kappa shape index (κ3) is 3.84. The number of hydrogen-bond acceptors (Lipinski definition) is 6. The number of pyridine rings is 1. The second kappa shape index (κ2) is 7.43. The van der Waals surface area contributed by atoms with Crippen molar-refractivity contribution in [3.05, 3.63) is 71.2 Å². The molecule has 3 aromatic rings. The number of carbonyl (C=O) groups is 1. The average Bonchev–Trinajstić information content (AvgIpc) is 3.16. The molecule has 0 aromatic carbocycles. The number of allylic oxidation sites excluding steroid dienone is 1. The Hall–Kier alpha value is -3.74. The van der Waals surface area contributed by atoms with Crippen LogP contribution in [0, 0.1) is 0 Å². The summed E-state index contributed by atoms with van der Waals surface area (Å²) < 4.78 is 5.28. The summed E-state index contributed by atoms with van der Waals surface area (Å²) in [6, 6.07) is 6.81. The number of amides is 1. The molecule has 3 N–H and O–H groups in total. The maximum Gasteiger partial charge on any atom is 0.270 e. The van der Waals surface area contributed by atoms with Gasteiger partial charge in [-0.25, -0.2) is 9.97 Å². The molecule has 26 heavy (non-hydrogen) atoms. The standard InChI is InChI=1S/C19H17N5O2/c1-3-5-13-8-14(21-10-12(13)2)11-22-18(25)16-9-15(23-19(20)24-16)17-6-4-7-26-17/h3-10H,1-2,11H2,(H,22,25)(H2,20,23,24)/b13-5-. The van der Waals surface area contributed by atoms with E-state index < -0.39 is 0 Å². The number of carbonyl (C=O) groups excluding carboxylic acids is 1. The molecule has 0 fully saturated rings. The zero-order valence-corrected chi connectivity index (χ0v) is 14.0. The molecule has 0 saturated heterocycles. The molecule has 0 radical (unpaired) electrons. The van der Waals surface area contributed by atoms with Gasteiger partial charge in [0.05, 0.1) is 18.5 Å². The van der Waals surface area contributed by atoms with Crippen LogP contribution in [0.4, 0.5) is 5.95 Å². The minimum absolute atomic E-state index is 0.00791. The first-order chi connectivity index (χ1) is 12.6. The van der Waals surface area contributed by atoms with E-state index in [1.165, 1.54) is 12.3 Å². The molecule has 3 heterocycles. The van der Waals surface area contributed by atoms with E-state index in [9.17, 15) is 4.79 Å². The van der Waals surface area contributed by atoms with Gasteiger partial charge in [0.2, 0.25) is 5.95 Å². The van der Waals surface area contributed by atoms with Crippen LogP contribution in [0.5, 0.6) is 0 Å². The van der Waals surface area contributed by atoms with Crippen molar-refractivity contribution in [2.75, 3.05) is 5.73 Å². The zero-order chi connectivity index (χ0) is 18.5. The Kier molecular flexibility index (Phi) is 4.89. The fourth-order valence-electron chi connectivity index (χ4n) is 2.32. The summed E-state index contributed by atoms with van der Waals surface area (Å²) in [5, 5.41) is 4.44. The van der Waals surface area contributed by atoms with Gasteiger partial charge in [-0.2, -0.15) is 0 Å². The van der Waals surface area contributed by atoms with Gasteiger partial charge < -0.3 is 15.5 Å². The minimum atomic E-state index is -0.387. The number of nitrogens with zero attached hydrogens (tertiary/aromatic N) is 3. The van der Waals surface area contributed by atoms with Crippen molar-refractivity contribution >= 4 is 24.5 Å². The van der Waals surface area contributed by atoms with Crippen LogP contribution in [0.1, 0.15) is 16.2 Å². The van der Waals surface area contributed by atoms with Crippen molar-refractivity contribution in [3.8, 4) is 11.5 Å². The number of aromatic nitrogens is 3. The third-order valence-corrected chi connectivity index (χ3v) is 3.56. The summed E-state index contributed by atoms with van der Waals surface area (Å²) in [5.41, 5.74) is 6.98. The lowest BCUT2D eigenvalue weighted by atomic mass is 10.2. The zero-order valence-electron chi connectivity index (χ0n) is 14.0. The van der Waals surface area contributed by atoms with Crippen molar-refractivity contribution in [3.63, 3.8) is 0 Å².